The quantitative estimate of drug-likeness (QED) is 0.596. The molecule has 9 nitrogen and oxygen atoms in total. The molecule has 0 aliphatic heterocycles. The van der Waals surface area contributed by atoms with Gasteiger partial charge in [0.25, 0.3) is 11.8 Å². The van der Waals surface area contributed by atoms with Crippen LogP contribution in [0.1, 0.15) is 56.3 Å². The normalized spacial score (nSPS) is 10.5. The molecule has 0 bridgehead atoms. The lowest BCUT2D eigenvalue weighted by Gasteiger charge is -2.08. The van der Waals surface area contributed by atoms with Gasteiger partial charge in [-0.25, -0.2) is 9.59 Å². The van der Waals surface area contributed by atoms with Crippen molar-refractivity contribution < 1.29 is 28.7 Å². The molecule has 9 heteroatoms. The molecule has 0 saturated carbocycles. The summed E-state index contributed by atoms with van der Waals surface area (Å²) in [5.41, 5.74) is 2.14. The predicted molar refractivity (Wildman–Crippen MR) is 110 cm³/mol. The number of amides is 2. The number of benzene rings is 1. The van der Waals surface area contributed by atoms with Crippen LogP contribution in [-0.2, 0) is 14.3 Å². The van der Waals surface area contributed by atoms with Gasteiger partial charge in [-0.1, -0.05) is 0 Å². The minimum absolute atomic E-state index is 0.0888. The molecular weight excluding hydrogens is 390 g/mol. The Kier molecular flexibility index (Phi) is 7.35. The number of H-pyrrole nitrogens is 1. The summed E-state index contributed by atoms with van der Waals surface area (Å²) in [6.07, 6.45) is -0.296. The number of hydrogen-bond donors (Lipinski definition) is 3. The first-order chi connectivity index (χ1) is 14.1. The smallest absolute Gasteiger partial charge is 0.355 e. The van der Waals surface area contributed by atoms with Crippen LogP contribution in [0.2, 0.25) is 0 Å². The standard InChI is InChI=1S/C21H25N3O6/c1-11(2)30-20(27)17-12(3)18(23-13(17)4)21(28)29-10-16(25)24-15-8-6-14(7-9-15)19(26)22-5/h6-9,11,23H,10H2,1-5H3,(H,22,26)(H,24,25). The Hall–Kier alpha value is -3.62. The van der Waals surface area contributed by atoms with Crippen LogP contribution in [-0.4, -0.2) is 48.5 Å². The van der Waals surface area contributed by atoms with Crippen LogP contribution in [0.25, 0.3) is 0 Å². The average Bonchev–Trinajstić information content (AvgIpc) is 2.99. The molecule has 0 aliphatic rings. The van der Waals surface area contributed by atoms with Gasteiger partial charge in [-0.3, -0.25) is 9.59 Å². The highest BCUT2D eigenvalue weighted by Crippen LogP contribution is 2.20. The van der Waals surface area contributed by atoms with Crippen LogP contribution in [0.15, 0.2) is 24.3 Å². The molecule has 0 aliphatic carbocycles. The first kappa shape index (κ1) is 22.7. The third-order valence-corrected chi connectivity index (χ3v) is 4.18. The number of rotatable bonds is 7. The average molecular weight is 415 g/mol. The Morgan fingerprint density at radius 2 is 1.67 bits per heavy atom. The molecule has 0 radical (unpaired) electrons. The van der Waals surface area contributed by atoms with E-state index in [1.54, 1.807) is 52.0 Å². The fourth-order valence-electron chi connectivity index (χ4n) is 2.78. The minimum atomic E-state index is -0.760. The van der Waals surface area contributed by atoms with Gasteiger partial charge in [-0.05, 0) is 57.5 Å². The second kappa shape index (κ2) is 9.73. The molecule has 0 saturated heterocycles. The third kappa shape index (κ3) is 5.47. The lowest BCUT2D eigenvalue weighted by atomic mass is 10.1. The van der Waals surface area contributed by atoms with Crippen molar-refractivity contribution in [3.63, 3.8) is 0 Å². The number of aromatic nitrogens is 1. The van der Waals surface area contributed by atoms with Gasteiger partial charge in [-0.2, -0.15) is 0 Å². The van der Waals surface area contributed by atoms with E-state index in [1.165, 1.54) is 7.05 Å². The third-order valence-electron chi connectivity index (χ3n) is 4.18. The molecule has 2 aromatic rings. The fraction of sp³-hybridized carbons (Fsp3) is 0.333. The van der Waals surface area contributed by atoms with E-state index >= 15 is 0 Å². The zero-order valence-corrected chi connectivity index (χ0v) is 17.5. The van der Waals surface area contributed by atoms with Crippen LogP contribution in [0.4, 0.5) is 5.69 Å². The van der Waals surface area contributed by atoms with Gasteiger partial charge in [0.2, 0.25) is 0 Å². The minimum Gasteiger partial charge on any atom is -0.459 e. The monoisotopic (exact) mass is 415 g/mol. The topological polar surface area (TPSA) is 127 Å². The SMILES string of the molecule is CNC(=O)c1ccc(NC(=O)COC(=O)c2[nH]c(C)c(C(=O)OC(C)C)c2C)cc1. The van der Waals surface area contributed by atoms with Crippen molar-refractivity contribution in [2.24, 2.45) is 0 Å². The summed E-state index contributed by atoms with van der Waals surface area (Å²) in [6.45, 7) is 6.20. The summed E-state index contributed by atoms with van der Waals surface area (Å²) < 4.78 is 10.2. The highest BCUT2D eigenvalue weighted by atomic mass is 16.5. The Morgan fingerprint density at radius 3 is 2.23 bits per heavy atom. The molecule has 160 valence electrons. The summed E-state index contributed by atoms with van der Waals surface area (Å²) in [7, 11) is 1.52. The zero-order valence-electron chi connectivity index (χ0n) is 17.5. The summed E-state index contributed by atoms with van der Waals surface area (Å²) in [6, 6.07) is 6.25. The molecule has 0 spiro atoms. The molecule has 2 rings (SSSR count). The van der Waals surface area contributed by atoms with Crippen molar-refractivity contribution >= 4 is 29.4 Å². The Balaban J connectivity index is 1.98. The number of aryl methyl sites for hydroxylation is 1. The van der Waals surface area contributed by atoms with Crippen molar-refractivity contribution in [3.05, 3.63) is 52.3 Å². The lowest BCUT2D eigenvalue weighted by Crippen LogP contribution is -2.22. The second-order valence-electron chi connectivity index (χ2n) is 6.86. The van der Waals surface area contributed by atoms with Crippen LogP contribution in [0.5, 0.6) is 0 Å². The van der Waals surface area contributed by atoms with E-state index in [0.29, 0.717) is 22.5 Å². The van der Waals surface area contributed by atoms with Gasteiger partial charge in [0, 0.05) is 24.0 Å². The highest BCUT2D eigenvalue weighted by Gasteiger charge is 2.24. The number of carbonyl (C=O) groups is 4. The van der Waals surface area contributed by atoms with Gasteiger partial charge >= 0.3 is 11.9 Å². The Bertz CT molecular complexity index is 960. The van der Waals surface area contributed by atoms with E-state index in [-0.39, 0.29) is 23.3 Å². The number of esters is 2. The molecule has 0 atom stereocenters. The van der Waals surface area contributed by atoms with E-state index in [1.807, 2.05) is 0 Å². The molecule has 2 amide bonds. The molecule has 30 heavy (non-hydrogen) atoms. The first-order valence-electron chi connectivity index (χ1n) is 9.33. The van der Waals surface area contributed by atoms with Crippen LogP contribution >= 0.6 is 0 Å². The molecule has 0 fully saturated rings. The summed E-state index contributed by atoms with van der Waals surface area (Å²) in [5.74, 6) is -2.08. The van der Waals surface area contributed by atoms with Crippen molar-refractivity contribution in [2.75, 3.05) is 19.0 Å². The van der Waals surface area contributed by atoms with Crippen LogP contribution in [0, 0.1) is 13.8 Å². The van der Waals surface area contributed by atoms with Crippen LogP contribution < -0.4 is 10.6 Å². The predicted octanol–water partition coefficient (Wildman–Crippen LogP) is 2.35. The number of anilines is 1. The molecule has 1 aromatic carbocycles. The number of aromatic amines is 1. The molecule has 3 N–H and O–H groups in total. The van der Waals surface area contributed by atoms with E-state index < -0.39 is 24.5 Å². The van der Waals surface area contributed by atoms with Gasteiger partial charge in [0.15, 0.2) is 6.61 Å². The van der Waals surface area contributed by atoms with E-state index in [0.717, 1.165) is 0 Å². The summed E-state index contributed by atoms with van der Waals surface area (Å²) in [4.78, 5) is 51.0. The van der Waals surface area contributed by atoms with Gasteiger partial charge in [-0.15, -0.1) is 0 Å². The highest BCUT2D eigenvalue weighted by molar-refractivity contribution is 6.00. The van der Waals surface area contributed by atoms with Gasteiger partial charge in [0.05, 0.1) is 11.7 Å². The Morgan fingerprint density at radius 1 is 1.03 bits per heavy atom. The van der Waals surface area contributed by atoms with E-state index in [2.05, 4.69) is 15.6 Å². The summed E-state index contributed by atoms with van der Waals surface area (Å²) >= 11 is 0. The second-order valence-corrected chi connectivity index (χ2v) is 6.86. The molecule has 1 heterocycles. The zero-order chi connectivity index (χ0) is 22.4. The largest absolute Gasteiger partial charge is 0.459 e. The molecule has 1 aromatic heterocycles. The number of ether oxygens (including phenoxy) is 2. The maximum absolute atomic E-state index is 12.4. The lowest BCUT2D eigenvalue weighted by molar-refractivity contribution is -0.119. The number of hydrogen-bond acceptors (Lipinski definition) is 6. The number of carbonyl (C=O) groups excluding carboxylic acids is 4. The van der Waals surface area contributed by atoms with E-state index in [4.69, 9.17) is 9.47 Å². The van der Waals surface area contributed by atoms with Crippen molar-refractivity contribution in [1.29, 1.82) is 0 Å². The van der Waals surface area contributed by atoms with Crippen LogP contribution in [0.3, 0.4) is 0 Å². The maximum atomic E-state index is 12.4. The van der Waals surface area contributed by atoms with Gasteiger partial charge < -0.3 is 25.1 Å². The van der Waals surface area contributed by atoms with Crippen molar-refractivity contribution in [2.45, 2.75) is 33.8 Å². The van der Waals surface area contributed by atoms with Gasteiger partial charge in [0.1, 0.15) is 5.69 Å². The Labute approximate surface area is 174 Å². The molecule has 0 unspecified atom stereocenters. The molecular formula is C21H25N3O6. The maximum Gasteiger partial charge on any atom is 0.355 e. The van der Waals surface area contributed by atoms with Crippen molar-refractivity contribution in [1.82, 2.24) is 10.3 Å². The number of nitrogens with one attached hydrogen (secondary N) is 3. The first-order valence-corrected chi connectivity index (χ1v) is 9.33. The van der Waals surface area contributed by atoms with Crippen molar-refractivity contribution in [3.8, 4) is 0 Å². The van der Waals surface area contributed by atoms with E-state index in [9.17, 15) is 19.2 Å². The fourth-order valence-corrected chi connectivity index (χ4v) is 2.78. The summed E-state index contributed by atoms with van der Waals surface area (Å²) in [5, 5.41) is 5.07.